The molecule has 2 nitrogen and oxygen atoms in total. The second-order valence-electron chi connectivity index (χ2n) is 4.08. The van der Waals surface area contributed by atoms with Gasteiger partial charge in [0, 0.05) is 28.9 Å². The van der Waals surface area contributed by atoms with E-state index in [1.54, 1.807) is 11.3 Å². The molecule has 2 unspecified atom stereocenters. The number of thiazole rings is 1. The fourth-order valence-electron chi connectivity index (χ4n) is 2.14. The molecule has 0 bridgehead atoms. The summed E-state index contributed by atoms with van der Waals surface area (Å²) in [7, 11) is 0. The summed E-state index contributed by atoms with van der Waals surface area (Å²) in [5.41, 5.74) is 1.14. The van der Waals surface area contributed by atoms with Crippen LogP contribution in [0.25, 0.3) is 0 Å². The topological polar surface area (TPSA) is 24.9 Å². The van der Waals surface area contributed by atoms with Crippen molar-refractivity contribution in [3.05, 3.63) is 16.1 Å². The third-order valence-corrected chi connectivity index (χ3v) is 5.07. The predicted molar refractivity (Wildman–Crippen MR) is 68.6 cm³/mol. The second kappa shape index (κ2) is 5.32. The Balaban J connectivity index is 1.82. The van der Waals surface area contributed by atoms with Gasteiger partial charge in [0.1, 0.15) is 5.01 Å². The SMILES string of the molecule is CSC1CCCC1NCc1nc(C)cs1. The number of aryl methyl sites for hydroxylation is 1. The lowest BCUT2D eigenvalue weighted by molar-refractivity contribution is 0.531. The van der Waals surface area contributed by atoms with E-state index in [9.17, 15) is 0 Å². The van der Waals surface area contributed by atoms with Crippen molar-refractivity contribution < 1.29 is 0 Å². The molecule has 0 aliphatic heterocycles. The molecule has 84 valence electrons. The molecule has 0 saturated heterocycles. The lowest BCUT2D eigenvalue weighted by atomic mass is 10.2. The Kier molecular flexibility index (Phi) is 4.05. The van der Waals surface area contributed by atoms with Gasteiger partial charge in [-0.25, -0.2) is 4.98 Å². The highest BCUT2D eigenvalue weighted by Crippen LogP contribution is 2.28. The molecule has 0 spiro atoms. The average Bonchev–Trinajstić information content (AvgIpc) is 2.83. The molecule has 0 amide bonds. The Morgan fingerprint density at radius 3 is 3.13 bits per heavy atom. The lowest BCUT2D eigenvalue weighted by Gasteiger charge is -2.18. The monoisotopic (exact) mass is 242 g/mol. The number of thioether (sulfide) groups is 1. The third-order valence-electron chi connectivity index (χ3n) is 2.94. The minimum absolute atomic E-state index is 0.698. The van der Waals surface area contributed by atoms with Crippen molar-refractivity contribution in [3.8, 4) is 0 Å². The molecular formula is C11H18N2S2. The van der Waals surface area contributed by atoms with Gasteiger partial charge in [-0.3, -0.25) is 0 Å². The molecule has 4 heteroatoms. The van der Waals surface area contributed by atoms with E-state index in [4.69, 9.17) is 0 Å². The molecule has 0 radical (unpaired) electrons. The van der Waals surface area contributed by atoms with Crippen molar-refractivity contribution in [2.45, 2.75) is 44.0 Å². The number of rotatable bonds is 4. The molecule has 1 aromatic rings. The van der Waals surface area contributed by atoms with E-state index < -0.39 is 0 Å². The van der Waals surface area contributed by atoms with Gasteiger partial charge in [-0.2, -0.15) is 11.8 Å². The molecule has 1 N–H and O–H groups in total. The lowest BCUT2D eigenvalue weighted by Crippen LogP contribution is -2.33. The number of hydrogen-bond donors (Lipinski definition) is 1. The molecule has 15 heavy (non-hydrogen) atoms. The van der Waals surface area contributed by atoms with Gasteiger partial charge in [-0.05, 0) is 26.0 Å². The minimum atomic E-state index is 0.698. The van der Waals surface area contributed by atoms with Crippen molar-refractivity contribution in [3.63, 3.8) is 0 Å². The van der Waals surface area contributed by atoms with Gasteiger partial charge in [-0.1, -0.05) is 6.42 Å². The maximum absolute atomic E-state index is 4.47. The summed E-state index contributed by atoms with van der Waals surface area (Å²) in [6.45, 7) is 3.00. The van der Waals surface area contributed by atoms with Crippen molar-refractivity contribution in [2.75, 3.05) is 6.26 Å². The van der Waals surface area contributed by atoms with Crippen LogP contribution >= 0.6 is 23.1 Å². The van der Waals surface area contributed by atoms with Crippen LogP contribution in [-0.2, 0) is 6.54 Å². The summed E-state index contributed by atoms with van der Waals surface area (Å²) in [5, 5.41) is 7.79. The molecule has 1 saturated carbocycles. The van der Waals surface area contributed by atoms with Crippen molar-refractivity contribution >= 4 is 23.1 Å². The summed E-state index contributed by atoms with van der Waals surface area (Å²) in [6, 6.07) is 0.698. The van der Waals surface area contributed by atoms with Gasteiger partial charge in [-0.15, -0.1) is 11.3 Å². The Morgan fingerprint density at radius 2 is 2.47 bits per heavy atom. The van der Waals surface area contributed by atoms with Crippen LogP contribution in [0.5, 0.6) is 0 Å². The summed E-state index contributed by atoms with van der Waals surface area (Å²) in [5.74, 6) is 0. The molecule has 1 heterocycles. The minimum Gasteiger partial charge on any atom is -0.307 e. The van der Waals surface area contributed by atoms with Crippen LogP contribution in [0.2, 0.25) is 0 Å². The zero-order valence-corrected chi connectivity index (χ0v) is 11.0. The zero-order valence-electron chi connectivity index (χ0n) is 9.32. The highest BCUT2D eigenvalue weighted by Gasteiger charge is 2.25. The molecule has 1 aliphatic rings. The summed E-state index contributed by atoms with van der Waals surface area (Å²) in [4.78, 5) is 4.47. The van der Waals surface area contributed by atoms with E-state index in [1.807, 2.05) is 11.8 Å². The van der Waals surface area contributed by atoms with Gasteiger partial charge in [0.25, 0.3) is 0 Å². The van der Waals surface area contributed by atoms with Crippen LogP contribution < -0.4 is 5.32 Å². The Labute approximate surface area is 99.9 Å². The van der Waals surface area contributed by atoms with E-state index in [0.717, 1.165) is 17.5 Å². The van der Waals surface area contributed by atoms with Crippen LogP contribution in [0, 0.1) is 6.92 Å². The van der Waals surface area contributed by atoms with E-state index in [-0.39, 0.29) is 0 Å². The summed E-state index contributed by atoms with van der Waals surface area (Å²) in [6.07, 6.45) is 6.30. The zero-order chi connectivity index (χ0) is 10.7. The van der Waals surface area contributed by atoms with Crippen LogP contribution in [0.4, 0.5) is 0 Å². The Bertz CT molecular complexity index is 311. The van der Waals surface area contributed by atoms with Crippen LogP contribution in [-0.4, -0.2) is 22.5 Å². The van der Waals surface area contributed by atoms with E-state index in [1.165, 1.54) is 24.3 Å². The maximum Gasteiger partial charge on any atom is 0.107 e. The highest BCUT2D eigenvalue weighted by molar-refractivity contribution is 7.99. The van der Waals surface area contributed by atoms with E-state index in [2.05, 4.69) is 28.9 Å². The number of aromatic nitrogens is 1. The molecule has 2 rings (SSSR count). The molecule has 2 atom stereocenters. The van der Waals surface area contributed by atoms with Gasteiger partial charge in [0.2, 0.25) is 0 Å². The fourth-order valence-corrected chi connectivity index (χ4v) is 3.83. The van der Waals surface area contributed by atoms with Gasteiger partial charge < -0.3 is 5.32 Å². The van der Waals surface area contributed by atoms with Crippen LogP contribution in [0.3, 0.4) is 0 Å². The summed E-state index contributed by atoms with van der Waals surface area (Å²) < 4.78 is 0. The maximum atomic E-state index is 4.47. The van der Waals surface area contributed by atoms with Gasteiger partial charge in [0.05, 0.1) is 0 Å². The first-order valence-corrected chi connectivity index (χ1v) is 7.63. The Hall–Kier alpha value is -0.0600. The first-order valence-electron chi connectivity index (χ1n) is 5.47. The van der Waals surface area contributed by atoms with Crippen molar-refractivity contribution in [2.24, 2.45) is 0 Å². The smallest absolute Gasteiger partial charge is 0.107 e. The molecule has 1 aliphatic carbocycles. The second-order valence-corrected chi connectivity index (χ2v) is 6.09. The largest absolute Gasteiger partial charge is 0.307 e. The standard InChI is InChI=1S/C11H18N2S2/c1-8-7-15-11(13-8)6-12-9-4-3-5-10(9)14-2/h7,9-10,12H,3-6H2,1-2H3. The molecular weight excluding hydrogens is 224 g/mol. The number of nitrogens with zero attached hydrogens (tertiary/aromatic N) is 1. The van der Waals surface area contributed by atoms with E-state index in [0.29, 0.717) is 6.04 Å². The average molecular weight is 242 g/mol. The predicted octanol–water partition coefficient (Wildman–Crippen LogP) is 2.83. The fraction of sp³-hybridized carbons (Fsp3) is 0.727. The van der Waals surface area contributed by atoms with Gasteiger partial charge in [0.15, 0.2) is 0 Å². The van der Waals surface area contributed by atoms with E-state index >= 15 is 0 Å². The molecule has 1 fully saturated rings. The Morgan fingerprint density at radius 1 is 1.60 bits per heavy atom. The first-order chi connectivity index (χ1) is 7.29. The molecule has 1 aromatic heterocycles. The number of nitrogens with one attached hydrogen (secondary N) is 1. The van der Waals surface area contributed by atoms with Crippen molar-refractivity contribution in [1.29, 1.82) is 0 Å². The van der Waals surface area contributed by atoms with Crippen molar-refractivity contribution in [1.82, 2.24) is 10.3 Å². The highest BCUT2D eigenvalue weighted by atomic mass is 32.2. The third kappa shape index (κ3) is 2.95. The normalized spacial score (nSPS) is 26.0. The summed E-state index contributed by atoms with van der Waals surface area (Å²) >= 11 is 3.76. The molecule has 0 aromatic carbocycles. The van der Waals surface area contributed by atoms with Gasteiger partial charge >= 0.3 is 0 Å². The first kappa shape index (κ1) is 11.4. The van der Waals surface area contributed by atoms with Crippen LogP contribution in [0.15, 0.2) is 5.38 Å². The number of hydrogen-bond acceptors (Lipinski definition) is 4. The quantitative estimate of drug-likeness (QED) is 0.879. The van der Waals surface area contributed by atoms with Crippen LogP contribution in [0.1, 0.15) is 30.0 Å².